The van der Waals surface area contributed by atoms with Crippen LogP contribution in [0.25, 0.3) is 22.2 Å². The van der Waals surface area contributed by atoms with E-state index in [4.69, 9.17) is 21.3 Å². The number of carbonyl (C=O) groups is 2. The van der Waals surface area contributed by atoms with Gasteiger partial charge in [0.25, 0.3) is 5.91 Å². The molecule has 154 valence electrons. The number of fused-ring (bicyclic) bond motifs is 1. The minimum absolute atomic E-state index is 0.0108. The molecule has 2 aromatic carbocycles. The quantitative estimate of drug-likeness (QED) is 0.644. The molecular formula is C23H22ClN3O3. The molecule has 0 atom stereocenters. The minimum atomic E-state index is -0.233. The predicted molar refractivity (Wildman–Crippen MR) is 117 cm³/mol. The number of halogens is 1. The molecule has 30 heavy (non-hydrogen) atoms. The molecule has 0 N–H and O–H groups in total. The summed E-state index contributed by atoms with van der Waals surface area (Å²) in [5.74, 6) is -0.317. The molecule has 7 heteroatoms. The minimum Gasteiger partial charge on any atom is -0.378 e. The van der Waals surface area contributed by atoms with Crippen molar-refractivity contribution in [1.29, 1.82) is 0 Å². The smallest absolute Gasteiger partial charge is 0.254 e. The number of aromatic nitrogens is 1. The third-order valence-electron chi connectivity index (χ3n) is 5.18. The zero-order chi connectivity index (χ0) is 21.1. The van der Waals surface area contributed by atoms with Gasteiger partial charge in [0.1, 0.15) is 0 Å². The summed E-state index contributed by atoms with van der Waals surface area (Å²) in [4.78, 5) is 33.8. The number of morpholine rings is 1. The average molecular weight is 424 g/mol. The Morgan fingerprint density at radius 3 is 2.57 bits per heavy atom. The van der Waals surface area contributed by atoms with Gasteiger partial charge in [-0.05, 0) is 18.2 Å². The molecular weight excluding hydrogens is 402 g/mol. The maximum atomic E-state index is 13.3. The second-order valence-electron chi connectivity index (χ2n) is 7.21. The number of nitrogens with zero attached hydrogens (tertiary/aromatic N) is 3. The monoisotopic (exact) mass is 423 g/mol. The number of ether oxygens (including phenoxy) is 1. The van der Waals surface area contributed by atoms with E-state index in [1.807, 2.05) is 42.5 Å². The van der Waals surface area contributed by atoms with E-state index in [2.05, 4.69) is 0 Å². The summed E-state index contributed by atoms with van der Waals surface area (Å²) in [6.45, 7) is 2.17. The van der Waals surface area contributed by atoms with Crippen LogP contribution >= 0.6 is 11.6 Å². The van der Waals surface area contributed by atoms with Crippen molar-refractivity contribution in [3.63, 3.8) is 0 Å². The molecule has 1 saturated heterocycles. The highest BCUT2D eigenvalue weighted by molar-refractivity contribution is 6.33. The van der Waals surface area contributed by atoms with Crippen molar-refractivity contribution in [3.05, 3.63) is 65.2 Å². The van der Waals surface area contributed by atoms with Crippen LogP contribution in [-0.2, 0) is 9.53 Å². The van der Waals surface area contributed by atoms with E-state index in [0.29, 0.717) is 48.1 Å². The zero-order valence-electron chi connectivity index (χ0n) is 16.7. The highest BCUT2D eigenvalue weighted by Gasteiger charge is 2.23. The van der Waals surface area contributed by atoms with Gasteiger partial charge < -0.3 is 14.5 Å². The van der Waals surface area contributed by atoms with Gasteiger partial charge in [0.15, 0.2) is 0 Å². The Labute approximate surface area is 180 Å². The second-order valence-corrected chi connectivity index (χ2v) is 7.61. The lowest BCUT2D eigenvalue weighted by molar-refractivity contribution is -0.135. The number of pyridine rings is 1. The van der Waals surface area contributed by atoms with E-state index < -0.39 is 0 Å². The summed E-state index contributed by atoms with van der Waals surface area (Å²) < 4.78 is 5.29. The van der Waals surface area contributed by atoms with Crippen LogP contribution in [0.1, 0.15) is 10.4 Å². The zero-order valence-corrected chi connectivity index (χ0v) is 17.4. The molecule has 2 heterocycles. The summed E-state index contributed by atoms with van der Waals surface area (Å²) in [5.41, 5.74) is 2.57. The van der Waals surface area contributed by atoms with Crippen LogP contribution in [0.15, 0.2) is 54.6 Å². The van der Waals surface area contributed by atoms with Gasteiger partial charge in [-0.25, -0.2) is 4.98 Å². The van der Waals surface area contributed by atoms with Gasteiger partial charge in [0, 0.05) is 36.1 Å². The van der Waals surface area contributed by atoms with Crippen molar-refractivity contribution in [2.75, 3.05) is 39.9 Å². The largest absolute Gasteiger partial charge is 0.378 e. The van der Waals surface area contributed by atoms with Crippen molar-refractivity contribution >= 4 is 34.3 Å². The van der Waals surface area contributed by atoms with Gasteiger partial charge in [-0.1, -0.05) is 48.0 Å². The van der Waals surface area contributed by atoms with Crippen LogP contribution in [0.2, 0.25) is 5.02 Å². The fourth-order valence-electron chi connectivity index (χ4n) is 3.55. The molecule has 3 aromatic rings. The topological polar surface area (TPSA) is 62.7 Å². The number of likely N-dealkylation sites (N-methyl/N-ethyl adjacent to an activating group) is 1. The fraction of sp³-hybridized carbons (Fsp3) is 0.261. The number of hydrogen-bond acceptors (Lipinski definition) is 4. The Morgan fingerprint density at radius 2 is 1.80 bits per heavy atom. The second kappa shape index (κ2) is 8.81. The van der Waals surface area contributed by atoms with Crippen LogP contribution in [0.5, 0.6) is 0 Å². The standard InChI is InChI=1S/C23H22ClN3O3/c1-26(15-22(28)27-10-12-30-13-11-27)23(29)18-14-21(17-7-2-4-8-19(17)24)25-20-9-5-3-6-16(18)20/h2-9,14H,10-13,15H2,1H3. The highest BCUT2D eigenvalue weighted by Crippen LogP contribution is 2.30. The Kier molecular flexibility index (Phi) is 5.97. The number of rotatable bonds is 4. The molecule has 0 saturated carbocycles. The van der Waals surface area contributed by atoms with Crippen LogP contribution < -0.4 is 0 Å². The summed E-state index contributed by atoms with van der Waals surface area (Å²) in [6, 6.07) is 16.6. The first-order valence-corrected chi connectivity index (χ1v) is 10.2. The number of carbonyl (C=O) groups excluding carboxylic acids is 2. The lowest BCUT2D eigenvalue weighted by atomic mass is 10.0. The predicted octanol–water partition coefficient (Wildman–Crippen LogP) is 3.49. The van der Waals surface area contributed by atoms with E-state index in [1.165, 1.54) is 4.90 Å². The number of benzene rings is 2. The molecule has 0 radical (unpaired) electrons. The van der Waals surface area contributed by atoms with Crippen LogP contribution in [-0.4, -0.2) is 66.5 Å². The van der Waals surface area contributed by atoms with Crippen LogP contribution in [0.4, 0.5) is 0 Å². The molecule has 0 aliphatic carbocycles. The number of hydrogen-bond donors (Lipinski definition) is 0. The maximum Gasteiger partial charge on any atom is 0.254 e. The van der Waals surface area contributed by atoms with E-state index in [1.54, 1.807) is 24.1 Å². The maximum absolute atomic E-state index is 13.3. The van der Waals surface area contributed by atoms with E-state index in [9.17, 15) is 9.59 Å². The molecule has 0 spiro atoms. The molecule has 2 amide bonds. The molecule has 1 fully saturated rings. The molecule has 1 aliphatic rings. The number of para-hydroxylation sites is 1. The van der Waals surface area contributed by atoms with Gasteiger partial charge in [-0.15, -0.1) is 0 Å². The summed E-state index contributed by atoms with van der Waals surface area (Å²) >= 11 is 6.36. The summed E-state index contributed by atoms with van der Waals surface area (Å²) in [6.07, 6.45) is 0. The van der Waals surface area contributed by atoms with E-state index in [-0.39, 0.29) is 18.4 Å². The average Bonchev–Trinajstić information content (AvgIpc) is 2.78. The third kappa shape index (κ3) is 4.15. The fourth-order valence-corrected chi connectivity index (χ4v) is 3.78. The molecule has 4 rings (SSSR count). The van der Waals surface area contributed by atoms with Gasteiger partial charge >= 0.3 is 0 Å². The first-order valence-electron chi connectivity index (χ1n) is 9.80. The van der Waals surface area contributed by atoms with Crippen molar-refractivity contribution in [2.45, 2.75) is 0 Å². The van der Waals surface area contributed by atoms with Gasteiger partial charge in [-0.3, -0.25) is 9.59 Å². The van der Waals surface area contributed by atoms with Gasteiger partial charge in [0.05, 0.1) is 36.5 Å². The molecule has 6 nitrogen and oxygen atoms in total. The van der Waals surface area contributed by atoms with E-state index in [0.717, 1.165) is 10.9 Å². The SMILES string of the molecule is CN(CC(=O)N1CCOCC1)C(=O)c1cc(-c2ccccc2Cl)nc2ccccc12. The molecule has 0 unspecified atom stereocenters. The Balaban J connectivity index is 1.67. The molecule has 1 aliphatic heterocycles. The Bertz CT molecular complexity index is 1100. The summed E-state index contributed by atoms with van der Waals surface area (Å²) in [5, 5.41) is 1.30. The highest BCUT2D eigenvalue weighted by atomic mass is 35.5. The Hall–Kier alpha value is -2.96. The van der Waals surface area contributed by atoms with Crippen molar-refractivity contribution in [2.24, 2.45) is 0 Å². The van der Waals surface area contributed by atoms with Crippen molar-refractivity contribution < 1.29 is 14.3 Å². The first-order chi connectivity index (χ1) is 14.5. The normalized spacial score (nSPS) is 14.0. The van der Waals surface area contributed by atoms with Gasteiger partial charge in [-0.2, -0.15) is 0 Å². The van der Waals surface area contributed by atoms with Gasteiger partial charge in [0.2, 0.25) is 5.91 Å². The number of amides is 2. The van der Waals surface area contributed by atoms with Crippen LogP contribution in [0, 0.1) is 0 Å². The lowest BCUT2D eigenvalue weighted by Crippen LogP contribution is -2.46. The van der Waals surface area contributed by atoms with Crippen molar-refractivity contribution in [1.82, 2.24) is 14.8 Å². The van der Waals surface area contributed by atoms with E-state index >= 15 is 0 Å². The molecule has 0 bridgehead atoms. The summed E-state index contributed by atoms with van der Waals surface area (Å²) in [7, 11) is 1.64. The van der Waals surface area contributed by atoms with Crippen LogP contribution in [0.3, 0.4) is 0 Å². The Morgan fingerprint density at radius 1 is 1.10 bits per heavy atom. The third-order valence-corrected chi connectivity index (χ3v) is 5.51. The first kappa shape index (κ1) is 20.3. The van der Waals surface area contributed by atoms with Crippen molar-refractivity contribution in [3.8, 4) is 11.3 Å². The molecule has 1 aromatic heterocycles. The lowest BCUT2D eigenvalue weighted by Gasteiger charge is -2.29.